The number of pyridine rings is 1. The monoisotopic (exact) mass is 452 g/mol. The highest BCUT2D eigenvalue weighted by molar-refractivity contribution is 5.99. The van der Waals surface area contributed by atoms with Crippen molar-refractivity contribution < 1.29 is 32.7 Å². The summed E-state index contributed by atoms with van der Waals surface area (Å²) in [5.74, 6) is -2.67. The second kappa shape index (κ2) is 9.01. The number of carbonyl (C=O) groups excluding carboxylic acids is 2. The second-order valence-corrected chi connectivity index (χ2v) is 7.81. The Bertz CT molecular complexity index is 992. The predicted molar refractivity (Wildman–Crippen MR) is 108 cm³/mol. The number of carbonyl (C=O) groups is 3. The van der Waals surface area contributed by atoms with E-state index in [4.69, 9.17) is 9.90 Å². The van der Waals surface area contributed by atoms with Gasteiger partial charge in [-0.1, -0.05) is 0 Å². The molecule has 1 unspecified atom stereocenters. The van der Waals surface area contributed by atoms with E-state index in [-0.39, 0.29) is 11.8 Å². The first-order chi connectivity index (χ1) is 15.0. The number of aromatic nitrogens is 2. The number of carboxylic acid groups (broad SMARTS) is 1. The lowest BCUT2D eigenvalue weighted by atomic mass is 9.85. The number of rotatable bonds is 2. The number of halogens is 3. The summed E-state index contributed by atoms with van der Waals surface area (Å²) in [7, 11) is 1.88. The van der Waals surface area contributed by atoms with Gasteiger partial charge in [-0.2, -0.15) is 13.2 Å². The van der Waals surface area contributed by atoms with E-state index in [1.54, 1.807) is 17.3 Å². The zero-order chi connectivity index (χ0) is 23.5. The Hall–Kier alpha value is -3.37. The molecule has 1 atom stereocenters. The number of anilines is 1. The van der Waals surface area contributed by atoms with Crippen molar-refractivity contribution >= 4 is 23.5 Å². The van der Waals surface area contributed by atoms with Crippen LogP contribution in [0, 0.1) is 0 Å². The van der Waals surface area contributed by atoms with Gasteiger partial charge in [0.1, 0.15) is 5.69 Å². The highest BCUT2D eigenvalue weighted by Crippen LogP contribution is 2.39. The number of hydrogen-bond acceptors (Lipinski definition) is 4. The van der Waals surface area contributed by atoms with Gasteiger partial charge in [-0.05, 0) is 43.5 Å². The number of hydrogen-bond donors (Lipinski definition) is 1. The van der Waals surface area contributed by atoms with Gasteiger partial charge in [0.15, 0.2) is 0 Å². The lowest BCUT2D eigenvalue weighted by Gasteiger charge is -2.44. The first-order valence-corrected chi connectivity index (χ1v) is 9.99. The fraction of sp³-hybridized carbons (Fsp3) is 0.429. The van der Waals surface area contributed by atoms with E-state index in [9.17, 15) is 22.8 Å². The standard InChI is InChI=1S/C19H22N4O2.C2HF3O2/c1-21-10-5-7-16(21)18(25)23-11-3-2-8-19(23)12-17(24)22(14-19)15-6-4-9-20-13-15;3-2(4,5)1(6)7/h4-7,9-10,13H,2-3,8,11-12,14H2,1H3;(H,6,7). The average Bonchev–Trinajstić information content (AvgIpc) is 3.31. The van der Waals surface area contributed by atoms with Gasteiger partial charge in [0.05, 0.1) is 23.8 Å². The second-order valence-electron chi connectivity index (χ2n) is 7.81. The molecule has 2 fully saturated rings. The molecule has 2 saturated heterocycles. The minimum atomic E-state index is -5.08. The zero-order valence-corrected chi connectivity index (χ0v) is 17.4. The summed E-state index contributed by atoms with van der Waals surface area (Å²) in [6.45, 7) is 1.26. The van der Waals surface area contributed by atoms with Crippen LogP contribution in [0.3, 0.4) is 0 Å². The van der Waals surface area contributed by atoms with Gasteiger partial charge in [0.25, 0.3) is 5.91 Å². The SMILES string of the molecule is Cn1cccc1C(=O)N1CCCCC12CC(=O)N(c1cccnc1)C2.O=C(O)C(F)(F)F. The molecule has 4 rings (SSSR count). The van der Waals surface area contributed by atoms with Crippen molar-refractivity contribution in [1.82, 2.24) is 14.5 Å². The van der Waals surface area contributed by atoms with Crippen molar-refractivity contribution in [2.24, 2.45) is 7.05 Å². The fourth-order valence-electron chi connectivity index (χ4n) is 4.15. The van der Waals surface area contributed by atoms with Gasteiger partial charge in [0.2, 0.25) is 5.91 Å². The summed E-state index contributed by atoms with van der Waals surface area (Å²) in [6.07, 6.45) is 3.49. The summed E-state index contributed by atoms with van der Waals surface area (Å²) in [4.78, 5) is 42.6. The summed E-state index contributed by atoms with van der Waals surface area (Å²) >= 11 is 0. The van der Waals surface area contributed by atoms with E-state index < -0.39 is 17.7 Å². The Morgan fingerprint density at radius 1 is 1.19 bits per heavy atom. The molecule has 2 aromatic rings. The van der Waals surface area contributed by atoms with Crippen LogP contribution in [0.1, 0.15) is 36.2 Å². The van der Waals surface area contributed by atoms with Crippen LogP contribution < -0.4 is 4.90 Å². The van der Waals surface area contributed by atoms with Crippen molar-refractivity contribution in [3.05, 3.63) is 48.5 Å². The number of aliphatic carboxylic acids is 1. The molecular formula is C21H23F3N4O4. The molecule has 0 aliphatic carbocycles. The molecule has 2 aliphatic rings. The lowest BCUT2D eigenvalue weighted by molar-refractivity contribution is -0.192. The van der Waals surface area contributed by atoms with Gasteiger partial charge >= 0.3 is 12.1 Å². The van der Waals surface area contributed by atoms with Crippen LogP contribution >= 0.6 is 0 Å². The van der Waals surface area contributed by atoms with E-state index in [0.717, 1.165) is 24.9 Å². The van der Waals surface area contributed by atoms with E-state index in [1.165, 1.54) is 0 Å². The van der Waals surface area contributed by atoms with Gasteiger partial charge in [-0.15, -0.1) is 0 Å². The summed E-state index contributed by atoms with van der Waals surface area (Å²) < 4.78 is 33.6. The quantitative estimate of drug-likeness (QED) is 0.756. The minimum absolute atomic E-state index is 0.0213. The molecule has 0 radical (unpaired) electrons. The van der Waals surface area contributed by atoms with Crippen LogP contribution in [-0.2, 0) is 16.6 Å². The molecule has 11 heteroatoms. The highest BCUT2D eigenvalue weighted by Gasteiger charge is 2.50. The molecule has 2 amide bonds. The normalized spacial score (nSPS) is 20.8. The first-order valence-electron chi connectivity index (χ1n) is 9.99. The maximum Gasteiger partial charge on any atom is 0.490 e. The smallest absolute Gasteiger partial charge is 0.475 e. The largest absolute Gasteiger partial charge is 0.490 e. The third-order valence-corrected chi connectivity index (χ3v) is 5.69. The molecule has 0 bridgehead atoms. The highest BCUT2D eigenvalue weighted by atomic mass is 19.4. The van der Waals surface area contributed by atoms with Gasteiger partial charge < -0.3 is 19.5 Å². The molecule has 32 heavy (non-hydrogen) atoms. The molecule has 172 valence electrons. The van der Waals surface area contributed by atoms with Crippen molar-refractivity contribution in [3.63, 3.8) is 0 Å². The number of aryl methyl sites for hydroxylation is 1. The van der Waals surface area contributed by atoms with Crippen molar-refractivity contribution in [2.75, 3.05) is 18.0 Å². The third kappa shape index (κ3) is 4.76. The Labute approximate surface area is 182 Å². The molecule has 1 spiro atoms. The number of piperidine rings is 1. The Kier molecular flexibility index (Phi) is 6.56. The molecule has 0 saturated carbocycles. The van der Waals surface area contributed by atoms with Crippen LogP contribution in [-0.4, -0.2) is 62.1 Å². The molecular weight excluding hydrogens is 429 g/mol. The fourth-order valence-corrected chi connectivity index (χ4v) is 4.15. The van der Waals surface area contributed by atoms with Crippen LogP contribution in [0.5, 0.6) is 0 Å². The van der Waals surface area contributed by atoms with Crippen LogP contribution in [0.4, 0.5) is 18.9 Å². The number of alkyl halides is 3. The van der Waals surface area contributed by atoms with Crippen LogP contribution in [0.15, 0.2) is 42.9 Å². The van der Waals surface area contributed by atoms with Crippen molar-refractivity contribution in [2.45, 2.75) is 37.4 Å². The van der Waals surface area contributed by atoms with Crippen LogP contribution in [0.2, 0.25) is 0 Å². The lowest BCUT2D eigenvalue weighted by Crippen LogP contribution is -2.56. The topological polar surface area (TPSA) is 95.7 Å². The number of likely N-dealkylation sites (tertiary alicyclic amines) is 1. The number of carboxylic acids is 1. The van der Waals surface area contributed by atoms with Gasteiger partial charge in [-0.25, -0.2) is 4.79 Å². The summed E-state index contributed by atoms with van der Waals surface area (Å²) in [6, 6.07) is 7.46. The molecule has 4 heterocycles. The van der Waals surface area contributed by atoms with Gasteiger partial charge in [-0.3, -0.25) is 14.6 Å². The first kappa shape index (κ1) is 23.3. The Balaban J connectivity index is 0.000000360. The zero-order valence-electron chi connectivity index (χ0n) is 17.4. The number of nitrogens with zero attached hydrogens (tertiary/aromatic N) is 4. The molecule has 2 aromatic heterocycles. The average molecular weight is 452 g/mol. The third-order valence-electron chi connectivity index (χ3n) is 5.69. The van der Waals surface area contributed by atoms with E-state index in [2.05, 4.69) is 4.98 Å². The van der Waals surface area contributed by atoms with Crippen molar-refractivity contribution in [3.8, 4) is 0 Å². The number of amides is 2. The molecule has 0 aromatic carbocycles. The summed E-state index contributed by atoms with van der Waals surface area (Å²) in [5.41, 5.74) is 1.07. The molecule has 1 N–H and O–H groups in total. The van der Waals surface area contributed by atoms with Gasteiger partial charge in [0, 0.05) is 32.5 Å². The Morgan fingerprint density at radius 3 is 2.47 bits per heavy atom. The van der Waals surface area contributed by atoms with Crippen LogP contribution in [0.25, 0.3) is 0 Å². The van der Waals surface area contributed by atoms with E-state index >= 15 is 0 Å². The minimum Gasteiger partial charge on any atom is -0.475 e. The molecule has 2 aliphatic heterocycles. The maximum absolute atomic E-state index is 13.2. The maximum atomic E-state index is 13.2. The van der Waals surface area contributed by atoms with E-state index in [0.29, 0.717) is 25.2 Å². The van der Waals surface area contributed by atoms with Crippen molar-refractivity contribution in [1.29, 1.82) is 0 Å². The Morgan fingerprint density at radius 2 is 1.91 bits per heavy atom. The predicted octanol–water partition coefficient (Wildman–Crippen LogP) is 2.86. The molecule has 8 nitrogen and oxygen atoms in total. The van der Waals surface area contributed by atoms with E-state index in [1.807, 2.05) is 47.0 Å². The summed E-state index contributed by atoms with van der Waals surface area (Å²) in [5, 5.41) is 7.12.